The van der Waals surface area contributed by atoms with Gasteiger partial charge >= 0.3 is 11.9 Å². The first-order valence-electron chi connectivity index (χ1n) is 10.3. The lowest BCUT2D eigenvalue weighted by Gasteiger charge is -2.14. The maximum Gasteiger partial charge on any atom is 0.308 e. The van der Waals surface area contributed by atoms with Crippen molar-refractivity contribution in [2.45, 2.75) is 66.1 Å². The number of hydrogen-bond acceptors (Lipinski definition) is 5. The minimum Gasteiger partial charge on any atom is -0.462 e. The molecule has 0 aliphatic rings. The van der Waals surface area contributed by atoms with Gasteiger partial charge in [0.2, 0.25) is 0 Å². The smallest absolute Gasteiger partial charge is 0.308 e. The molecular weight excluding hydrogens is 402 g/mol. The quantitative estimate of drug-likeness (QED) is 0.481. The van der Waals surface area contributed by atoms with Crippen molar-refractivity contribution in [2.24, 2.45) is 5.92 Å². The topological polar surface area (TPSA) is 65.5 Å². The number of carbonyl (C=O) groups is 2. The van der Waals surface area contributed by atoms with E-state index in [1.165, 1.54) is 0 Å². The van der Waals surface area contributed by atoms with Crippen LogP contribution < -0.4 is 0 Å². The van der Waals surface area contributed by atoms with Crippen molar-refractivity contribution in [3.8, 4) is 0 Å². The first kappa shape index (κ1) is 25.6. The van der Waals surface area contributed by atoms with Gasteiger partial charge < -0.3 is 9.47 Å². The predicted molar refractivity (Wildman–Crippen MR) is 119 cm³/mol. The fourth-order valence-electron chi connectivity index (χ4n) is 2.49. The fourth-order valence-corrected chi connectivity index (χ4v) is 2.61. The van der Waals surface area contributed by atoms with Gasteiger partial charge in [-0.15, -0.1) is 0 Å². The van der Waals surface area contributed by atoms with Crippen molar-refractivity contribution in [3.05, 3.63) is 64.9 Å². The zero-order valence-electron chi connectivity index (χ0n) is 18.4. The summed E-state index contributed by atoms with van der Waals surface area (Å²) in [5.41, 5.74) is 2.05. The number of rotatable bonds is 8. The predicted octanol–water partition coefficient (Wildman–Crippen LogP) is 5.96. The molecule has 0 saturated heterocycles. The second kappa shape index (κ2) is 13.8. The van der Waals surface area contributed by atoms with Gasteiger partial charge in [0.25, 0.3) is 0 Å². The molecule has 0 radical (unpaired) electrons. The van der Waals surface area contributed by atoms with Crippen LogP contribution >= 0.6 is 11.6 Å². The molecule has 0 amide bonds. The Labute approximate surface area is 184 Å². The van der Waals surface area contributed by atoms with E-state index in [9.17, 15) is 9.59 Å². The van der Waals surface area contributed by atoms with Gasteiger partial charge in [0.05, 0.1) is 5.92 Å². The maximum absolute atomic E-state index is 11.3. The summed E-state index contributed by atoms with van der Waals surface area (Å²) < 4.78 is 10.5. The van der Waals surface area contributed by atoms with Crippen LogP contribution in [0.15, 0.2) is 48.8 Å². The largest absolute Gasteiger partial charge is 0.462 e. The molecule has 30 heavy (non-hydrogen) atoms. The number of hydrogen-bond donors (Lipinski definition) is 0. The molecule has 1 aromatic heterocycles. The summed E-state index contributed by atoms with van der Waals surface area (Å²) in [5, 5.41) is 0.686. The van der Waals surface area contributed by atoms with Crippen LogP contribution in [0, 0.1) is 5.92 Å². The molecule has 0 aliphatic heterocycles. The SMILES string of the molecule is CC(Cc1cccnc1)OC(=O)C(C)C.CCCC(=O)OC(C)c1ccc(Cl)cc1. The van der Waals surface area contributed by atoms with Crippen LogP contribution in [-0.2, 0) is 25.5 Å². The molecule has 2 atom stereocenters. The molecule has 2 unspecified atom stereocenters. The van der Waals surface area contributed by atoms with Crippen LogP contribution in [0.3, 0.4) is 0 Å². The Kier molecular flexibility index (Phi) is 11.8. The van der Waals surface area contributed by atoms with E-state index in [1.807, 2.05) is 58.9 Å². The van der Waals surface area contributed by atoms with E-state index >= 15 is 0 Å². The van der Waals surface area contributed by atoms with Crippen LogP contribution in [0.1, 0.15) is 64.7 Å². The molecular formula is C24H32ClNO4. The molecule has 1 heterocycles. The van der Waals surface area contributed by atoms with Gasteiger partial charge in [-0.3, -0.25) is 14.6 Å². The third-order valence-electron chi connectivity index (χ3n) is 4.14. The Balaban J connectivity index is 0.000000300. The molecule has 2 aromatic rings. The molecule has 1 aromatic carbocycles. The molecule has 6 heteroatoms. The fraction of sp³-hybridized carbons (Fsp3) is 0.458. The van der Waals surface area contributed by atoms with Crippen molar-refractivity contribution < 1.29 is 19.1 Å². The average molecular weight is 434 g/mol. The highest BCUT2D eigenvalue weighted by Crippen LogP contribution is 2.19. The zero-order chi connectivity index (χ0) is 22.5. The molecule has 0 N–H and O–H groups in total. The first-order chi connectivity index (χ1) is 14.2. The Morgan fingerprint density at radius 2 is 1.70 bits per heavy atom. The Bertz CT molecular complexity index is 763. The van der Waals surface area contributed by atoms with E-state index in [-0.39, 0.29) is 30.1 Å². The van der Waals surface area contributed by atoms with Crippen molar-refractivity contribution in [1.29, 1.82) is 0 Å². The van der Waals surface area contributed by atoms with Crippen LogP contribution in [0.25, 0.3) is 0 Å². The zero-order valence-corrected chi connectivity index (χ0v) is 19.2. The van der Waals surface area contributed by atoms with Gasteiger partial charge in [-0.05, 0) is 49.6 Å². The number of nitrogens with zero attached hydrogens (tertiary/aromatic N) is 1. The van der Waals surface area contributed by atoms with Gasteiger partial charge in [0, 0.05) is 30.3 Å². The van der Waals surface area contributed by atoms with E-state index in [0.717, 1.165) is 17.5 Å². The van der Waals surface area contributed by atoms with Crippen LogP contribution in [0.2, 0.25) is 5.02 Å². The van der Waals surface area contributed by atoms with Crippen molar-refractivity contribution >= 4 is 23.5 Å². The highest BCUT2D eigenvalue weighted by atomic mass is 35.5. The summed E-state index contributed by atoms with van der Waals surface area (Å²) >= 11 is 5.76. The van der Waals surface area contributed by atoms with E-state index in [1.54, 1.807) is 24.5 Å². The van der Waals surface area contributed by atoms with Gasteiger partial charge in [0.15, 0.2) is 0 Å². The molecule has 5 nitrogen and oxygen atoms in total. The van der Waals surface area contributed by atoms with Crippen molar-refractivity contribution in [2.75, 3.05) is 0 Å². The third-order valence-corrected chi connectivity index (χ3v) is 4.39. The second-order valence-corrected chi connectivity index (χ2v) is 7.84. The summed E-state index contributed by atoms with van der Waals surface area (Å²) in [5.74, 6) is -0.368. The average Bonchev–Trinajstić information content (AvgIpc) is 2.69. The normalized spacial score (nSPS) is 12.4. The summed E-state index contributed by atoms with van der Waals surface area (Å²) in [4.78, 5) is 26.6. The van der Waals surface area contributed by atoms with Gasteiger partial charge in [-0.1, -0.05) is 50.6 Å². The second-order valence-electron chi connectivity index (χ2n) is 7.40. The number of ether oxygens (including phenoxy) is 2. The standard InChI is InChI=1S/C12H15ClO2.C12H17NO2/c1-3-4-12(14)15-9(2)10-5-7-11(13)8-6-10;1-9(2)12(14)15-10(3)7-11-5-4-6-13-8-11/h5-9H,3-4H2,1-2H3;4-6,8-10H,7H2,1-3H3. The van der Waals surface area contributed by atoms with Gasteiger partial charge in [-0.2, -0.15) is 0 Å². The number of benzene rings is 1. The van der Waals surface area contributed by atoms with Gasteiger partial charge in [0.1, 0.15) is 12.2 Å². The van der Waals surface area contributed by atoms with Crippen molar-refractivity contribution in [3.63, 3.8) is 0 Å². The van der Waals surface area contributed by atoms with E-state index < -0.39 is 0 Å². The minimum atomic E-state index is -0.207. The first-order valence-corrected chi connectivity index (χ1v) is 10.6. The number of carbonyl (C=O) groups excluding carboxylic acids is 2. The molecule has 0 spiro atoms. The lowest BCUT2D eigenvalue weighted by molar-refractivity contribution is -0.152. The molecule has 0 aliphatic carbocycles. The Morgan fingerprint density at radius 3 is 2.23 bits per heavy atom. The van der Waals surface area contributed by atoms with E-state index in [0.29, 0.717) is 17.9 Å². The molecule has 164 valence electrons. The Morgan fingerprint density at radius 1 is 1.03 bits per heavy atom. The summed E-state index contributed by atoms with van der Waals surface area (Å²) in [6.45, 7) is 9.37. The third kappa shape index (κ3) is 10.4. The number of halogens is 1. The maximum atomic E-state index is 11.3. The highest BCUT2D eigenvalue weighted by Gasteiger charge is 2.13. The lowest BCUT2D eigenvalue weighted by atomic mass is 10.1. The molecule has 0 fully saturated rings. The highest BCUT2D eigenvalue weighted by molar-refractivity contribution is 6.30. The van der Waals surface area contributed by atoms with E-state index in [2.05, 4.69) is 4.98 Å². The monoisotopic (exact) mass is 433 g/mol. The minimum absolute atomic E-state index is 0.0682. The lowest BCUT2D eigenvalue weighted by Crippen LogP contribution is -2.20. The molecule has 2 rings (SSSR count). The molecule has 0 bridgehead atoms. The number of aromatic nitrogens is 1. The molecule has 0 saturated carbocycles. The Hall–Kier alpha value is -2.40. The van der Waals surface area contributed by atoms with Crippen LogP contribution in [0.5, 0.6) is 0 Å². The summed E-state index contributed by atoms with van der Waals surface area (Å²) in [6, 6.07) is 11.2. The number of esters is 2. The van der Waals surface area contributed by atoms with Crippen LogP contribution in [-0.4, -0.2) is 23.0 Å². The summed E-state index contributed by atoms with van der Waals surface area (Å²) in [7, 11) is 0. The van der Waals surface area contributed by atoms with Crippen molar-refractivity contribution in [1.82, 2.24) is 4.98 Å². The number of pyridine rings is 1. The van der Waals surface area contributed by atoms with Crippen LogP contribution in [0.4, 0.5) is 0 Å². The van der Waals surface area contributed by atoms with Gasteiger partial charge in [-0.25, -0.2) is 0 Å². The summed E-state index contributed by atoms with van der Waals surface area (Å²) in [6.07, 6.45) is 5.22. The van der Waals surface area contributed by atoms with E-state index in [4.69, 9.17) is 21.1 Å².